The highest BCUT2D eigenvalue weighted by atomic mass is 32.1. The summed E-state index contributed by atoms with van der Waals surface area (Å²) in [6.07, 6.45) is 7.82. The molecular weight excluding hydrogens is 326 g/mol. The van der Waals surface area contributed by atoms with E-state index in [4.69, 9.17) is 0 Å². The van der Waals surface area contributed by atoms with Crippen molar-refractivity contribution in [2.24, 2.45) is 7.05 Å². The number of fused-ring (bicyclic) bond motifs is 1. The zero-order chi connectivity index (χ0) is 17.1. The molecule has 24 heavy (non-hydrogen) atoms. The quantitative estimate of drug-likeness (QED) is 0.918. The molecule has 3 rings (SSSR count). The van der Waals surface area contributed by atoms with Crippen LogP contribution in [0.25, 0.3) is 0 Å². The second kappa shape index (κ2) is 7.01. The van der Waals surface area contributed by atoms with Crippen molar-refractivity contribution in [1.82, 2.24) is 14.3 Å². The fourth-order valence-corrected chi connectivity index (χ4v) is 4.21. The lowest BCUT2D eigenvalue weighted by Crippen LogP contribution is -2.29. The van der Waals surface area contributed by atoms with Gasteiger partial charge in [-0.3, -0.25) is 9.36 Å². The summed E-state index contributed by atoms with van der Waals surface area (Å²) in [5.41, 5.74) is 1.33. The van der Waals surface area contributed by atoms with Gasteiger partial charge in [0.05, 0.1) is 5.56 Å². The topological polar surface area (TPSA) is 92.7 Å². The summed E-state index contributed by atoms with van der Waals surface area (Å²) in [7, 11) is 1.58. The number of nitrogens with one attached hydrogen (secondary N) is 1. The summed E-state index contributed by atoms with van der Waals surface area (Å²) in [5.74, 6) is -0.346. The second-order valence-corrected chi connectivity index (χ2v) is 7.07. The number of carbonyl (C=O) groups excluding carboxylic acids is 1. The number of aryl methyl sites for hydroxylation is 2. The van der Waals surface area contributed by atoms with Gasteiger partial charge in [-0.2, -0.15) is 10.4 Å². The van der Waals surface area contributed by atoms with E-state index in [1.807, 2.05) is 0 Å². The zero-order valence-corrected chi connectivity index (χ0v) is 14.4. The summed E-state index contributed by atoms with van der Waals surface area (Å²) in [5, 5.41) is 16.8. The number of nitrogens with zero attached hydrogens (tertiary/aromatic N) is 4. The Morgan fingerprint density at radius 1 is 1.38 bits per heavy atom. The minimum Gasteiger partial charge on any atom is -0.315 e. The van der Waals surface area contributed by atoms with Gasteiger partial charge in [-0.1, -0.05) is 12.8 Å². The Morgan fingerprint density at radius 3 is 2.79 bits per heavy atom. The van der Waals surface area contributed by atoms with Crippen LogP contribution in [0, 0.1) is 11.3 Å². The maximum Gasteiger partial charge on any atom is 0.345 e. The lowest BCUT2D eigenvalue weighted by molar-refractivity contribution is -0.116. The standard InChI is InChI=1S/C16H19N5O2S/c1-20-10-18-21(16(20)23)9-14(22)19-15-12(8-17)11-6-4-2-3-5-7-13(11)24-15/h10H,2-7,9H2,1H3,(H,19,22). The Labute approximate surface area is 143 Å². The second-order valence-electron chi connectivity index (χ2n) is 5.96. The highest BCUT2D eigenvalue weighted by molar-refractivity contribution is 7.16. The van der Waals surface area contributed by atoms with Crippen molar-refractivity contribution in [3.05, 3.63) is 32.8 Å². The van der Waals surface area contributed by atoms with Crippen LogP contribution in [0.5, 0.6) is 0 Å². The third-order valence-electron chi connectivity index (χ3n) is 4.22. The lowest BCUT2D eigenvalue weighted by Gasteiger charge is -2.08. The molecule has 0 bridgehead atoms. The van der Waals surface area contributed by atoms with Crippen molar-refractivity contribution in [1.29, 1.82) is 5.26 Å². The number of rotatable bonds is 3. The smallest absolute Gasteiger partial charge is 0.315 e. The minimum absolute atomic E-state index is 0.160. The van der Waals surface area contributed by atoms with Crippen molar-refractivity contribution in [2.45, 2.75) is 45.1 Å². The summed E-state index contributed by atoms with van der Waals surface area (Å²) in [6.45, 7) is -0.160. The van der Waals surface area contributed by atoms with Crippen molar-refractivity contribution >= 4 is 22.2 Å². The van der Waals surface area contributed by atoms with E-state index in [1.165, 1.54) is 39.9 Å². The van der Waals surface area contributed by atoms with E-state index >= 15 is 0 Å². The van der Waals surface area contributed by atoms with Gasteiger partial charge in [-0.15, -0.1) is 11.3 Å². The molecule has 2 heterocycles. The third kappa shape index (κ3) is 3.26. The Bertz CT molecular complexity index is 855. The van der Waals surface area contributed by atoms with E-state index in [-0.39, 0.29) is 18.1 Å². The van der Waals surface area contributed by atoms with Crippen molar-refractivity contribution in [3.63, 3.8) is 0 Å². The van der Waals surface area contributed by atoms with E-state index in [9.17, 15) is 14.9 Å². The van der Waals surface area contributed by atoms with E-state index in [1.54, 1.807) is 7.05 Å². The van der Waals surface area contributed by atoms with E-state index in [0.717, 1.165) is 35.9 Å². The lowest BCUT2D eigenvalue weighted by atomic mass is 9.97. The van der Waals surface area contributed by atoms with Crippen LogP contribution in [-0.4, -0.2) is 20.3 Å². The fourth-order valence-electron chi connectivity index (χ4n) is 2.96. The molecule has 0 atom stereocenters. The first-order valence-corrected chi connectivity index (χ1v) is 8.84. The largest absolute Gasteiger partial charge is 0.345 e. The molecule has 1 N–H and O–H groups in total. The van der Waals surface area contributed by atoms with Gasteiger partial charge >= 0.3 is 5.69 Å². The Balaban J connectivity index is 1.80. The predicted molar refractivity (Wildman–Crippen MR) is 91.0 cm³/mol. The maximum absolute atomic E-state index is 12.2. The van der Waals surface area contributed by atoms with Crippen LogP contribution in [0.15, 0.2) is 11.1 Å². The van der Waals surface area contributed by atoms with Crippen LogP contribution in [-0.2, 0) is 31.2 Å². The number of thiophene rings is 1. The molecule has 0 saturated carbocycles. The number of carbonyl (C=O) groups is 1. The molecule has 2 aromatic heterocycles. The molecule has 0 aliphatic heterocycles. The van der Waals surface area contributed by atoms with Gasteiger partial charge in [-0.05, 0) is 31.2 Å². The summed E-state index contributed by atoms with van der Waals surface area (Å²) < 4.78 is 2.41. The maximum atomic E-state index is 12.2. The van der Waals surface area contributed by atoms with Crippen LogP contribution in [0.2, 0.25) is 0 Å². The molecule has 2 aromatic rings. The molecule has 8 heteroatoms. The highest BCUT2D eigenvalue weighted by Crippen LogP contribution is 2.36. The van der Waals surface area contributed by atoms with Gasteiger partial charge in [-0.25, -0.2) is 9.48 Å². The number of hydrogen-bond acceptors (Lipinski definition) is 5. The number of amides is 1. The normalized spacial score (nSPS) is 14.3. The van der Waals surface area contributed by atoms with Crippen molar-refractivity contribution < 1.29 is 4.79 Å². The van der Waals surface area contributed by atoms with Gasteiger partial charge in [0.1, 0.15) is 23.9 Å². The number of nitriles is 1. The SMILES string of the molecule is Cn1cnn(CC(=O)Nc2sc3c(c2C#N)CCCCCC3)c1=O. The molecule has 0 spiro atoms. The number of hydrogen-bond donors (Lipinski definition) is 1. The minimum atomic E-state index is -0.346. The van der Waals surface area contributed by atoms with Gasteiger partial charge in [0, 0.05) is 11.9 Å². The van der Waals surface area contributed by atoms with Gasteiger partial charge < -0.3 is 5.32 Å². The first-order valence-electron chi connectivity index (χ1n) is 8.03. The molecule has 126 valence electrons. The Hall–Kier alpha value is -2.40. The molecule has 0 saturated heterocycles. The highest BCUT2D eigenvalue weighted by Gasteiger charge is 2.20. The Kier molecular flexibility index (Phi) is 4.81. The average Bonchev–Trinajstić information content (AvgIpc) is 3.01. The van der Waals surface area contributed by atoms with E-state index in [2.05, 4.69) is 16.5 Å². The van der Waals surface area contributed by atoms with Crippen molar-refractivity contribution in [3.8, 4) is 6.07 Å². The van der Waals surface area contributed by atoms with Crippen LogP contribution in [0.1, 0.15) is 41.7 Å². The average molecular weight is 345 g/mol. The first kappa shape index (κ1) is 16.5. The molecule has 1 amide bonds. The van der Waals surface area contributed by atoms with Crippen molar-refractivity contribution in [2.75, 3.05) is 5.32 Å². The summed E-state index contributed by atoms with van der Waals surface area (Å²) in [6, 6.07) is 2.24. The van der Waals surface area contributed by atoms with Crippen LogP contribution < -0.4 is 11.0 Å². The summed E-state index contributed by atoms with van der Waals surface area (Å²) in [4.78, 5) is 25.2. The molecule has 7 nitrogen and oxygen atoms in total. The molecule has 0 unspecified atom stereocenters. The zero-order valence-electron chi connectivity index (χ0n) is 13.5. The molecular formula is C16H19N5O2S. The molecule has 0 aromatic carbocycles. The third-order valence-corrected chi connectivity index (χ3v) is 5.42. The summed E-state index contributed by atoms with van der Waals surface area (Å²) >= 11 is 1.49. The predicted octanol–water partition coefficient (Wildman–Crippen LogP) is 1.81. The Morgan fingerprint density at radius 2 is 2.12 bits per heavy atom. The first-order chi connectivity index (χ1) is 11.6. The van der Waals surface area contributed by atoms with Gasteiger partial charge in [0.2, 0.25) is 5.91 Å². The number of aromatic nitrogens is 3. The van der Waals surface area contributed by atoms with E-state index < -0.39 is 0 Å². The molecule has 0 fully saturated rings. The molecule has 1 aliphatic carbocycles. The fraction of sp³-hybridized carbons (Fsp3) is 0.500. The monoisotopic (exact) mass is 345 g/mol. The molecule has 0 radical (unpaired) electrons. The van der Waals surface area contributed by atoms with Crippen LogP contribution >= 0.6 is 11.3 Å². The van der Waals surface area contributed by atoms with Crippen LogP contribution in [0.4, 0.5) is 5.00 Å². The van der Waals surface area contributed by atoms with Gasteiger partial charge in [0.25, 0.3) is 0 Å². The number of anilines is 1. The van der Waals surface area contributed by atoms with Gasteiger partial charge in [0.15, 0.2) is 0 Å². The van der Waals surface area contributed by atoms with Crippen LogP contribution in [0.3, 0.4) is 0 Å². The van der Waals surface area contributed by atoms with E-state index in [0.29, 0.717) is 10.6 Å². The molecule has 1 aliphatic rings.